The highest BCUT2D eigenvalue weighted by molar-refractivity contribution is 5.82. The summed E-state index contributed by atoms with van der Waals surface area (Å²) in [5.41, 5.74) is 0. The molecule has 0 aromatic heterocycles. The van der Waals surface area contributed by atoms with E-state index in [1.165, 1.54) is 0 Å². The molecule has 1 aliphatic heterocycles. The fraction of sp³-hybridized carbons (Fsp3) is 0.750. The molecule has 11 heavy (non-hydrogen) atoms. The normalized spacial score (nSPS) is 17.5. The number of carbonyl (C=O) groups excluding carboxylic acids is 1. The maximum Gasteiger partial charge on any atom is 0.243 e. The second-order valence-corrected chi connectivity index (χ2v) is 2.71. The maximum atomic E-state index is 11.1. The molecule has 0 aliphatic carbocycles. The zero-order valence-electron chi connectivity index (χ0n) is 6.92. The lowest BCUT2D eigenvalue weighted by molar-refractivity contribution is -0.131. The van der Waals surface area contributed by atoms with Gasteiger partial charge in [-0.3, -0.25) is 4.79 Å². The first kappa shape index (κ1) is 8.24. The summed E-state index contributed by atoms with van der Waals surface area (Å²) in [5, 5.41) is 5.58. The second kappa shape index (κ2) is 4.11. The molecule has 0 saturated heterocycles. The first-order chi connectivity index (χ1) is 5.34. The Hall–Kier alpha value is -0.860. The molecule has 1 aliphatic rings. The third-order valence-corrected chi connectivity index (χ3v) is 1.72. The van der Waals surface area contributed by atoms with Crippen LogP contribution < -0.4 is 0 Å². The predicted octanol–water partition coefficient (Wildman–Crippen LogP) is 1.39. The molecule has 0 saturated carbocycles. The lowest BCUT2D eigenvalue weighted by atomic mass is 10.2. The van der Waals surface area contributed by atoms with Gasteiger partial charge in [-0.1, -0.05) is 13.3 Å². The monoisotopic (exact) mass is 154 g/mol. The Morgan fingerprint density at radius 1 is 1.73 bits per heavy atom. The first-order valence-electron chi connectivity index (χ1n) is 4.17. The number of rotatable bonds is 3. The molecular weight excluding hydrogens is 140 g/mol. The van der Waals surface area contributed by atoms with Gasteiger partial charge in [-0.2, -0.15) is 5.10 Å². The van der Waals surface area contributed by atoms with Crippen LogP contribution in [-0.4, -0.2) is 23.7 Å². The van der Waals surface area contributed by atoms with Crippen LogP contribution >= 0.6 is 0 Å². The smallest absolute Gasteiger partial charge is 0.243 e. The van der Waals surface area contributed by atoms with Gasteiger partial charge in [-0.05, 0) is 12.8 Å². The number of amides is 1. The van der Waals surface area contributed by atoms with Crippen LogP contribution in [0.25, 0.3) is 0 Å². The van der Waals surface area contributed by atoms with Gasteiger partial charge in [0.2, 0.25) is 5.91 Å². The van der Waals surface area contributed by atoms with E-state index in [1.54, 1.807) is 5.01 Å². The van der Waals surface area contributed by atoms with Gasteiger partial charge in [-0.25, -0.2) is 5.01 Å². The lowest BCUT2D eigenvalue weighted by Crippen LogP contribution is -2.29. The summed E-state index contributed by atoms with van der Waals surface area (Å²) in [6.07, 6.45) is 5.41. The van der Waals surface area contributed by atoms with E-state index in [9.17, 15) is 4.79 Å². The van der Waals surface area contributed by atoms with E-state index in [0.29, 0.717) is 6.42 Å². The highest BCUT2D eigenvalue weighted by atomic mass is 16.2. The van der Waals surface area contributed by atoms with E-state index in [-0.39, 0.29) is 5.91 Å². The highest BCUT2D eigenvalue weighted by Crippen LogP contribution is 2.05. The van der Waals surface area contributed by atoms with E-state index in [2.05, 4.69) is 12.0 Å². The quantitative estimate of drug-likeness (QED) is 0.604. The summed E-state index contributed by atoms with van der Waals surface area (Å²) in [6.45, 7) is 2.89. The maximum absolute atomic E-state index is 11.1. The third-order valence-electron chi connectivity index (χ3n) is 1.72. The van der Waals surface area contributed by atoms with E-state index >= 15 is 0 Å². The van der Waals surface area contributed by atoms with Gasteiger partial charge in [-0.15, -0.1) is 0 Å². The van der Waals surface area contributed by atoms with Gasteiger partial charge in [0.05, 0.1) is 0 Å². The Bertz CT molecular complexity index is 165. The molecule has 62 valence electrons. The average Bonchev–Trinajstić information content (AvgIpc) is 2.03. The van der Waals surface area contributed by atoms with Gasteiger partial charge in [0, 0.05) is 19.2 Å². The molecule has 3 heteroatoms. The minimum Gasteiger partial charge on any atom is -0.273 e. The molecular formula is C8H14N2O. The number of hydrogen-bond donors (Lipinski definition) is 0. The number of hydrogen-bond acceptors (Lipinski definition) is 2. The molecule has 0 aromatic carbocycles. The molecule has 1 amide bonds. The summed E-state index contributed by atoms with van der Waals surface area (Å²) >= 11 is 0. The molecule has 0 aromatic rings. The van der Waals surface area contributed by atoms with Crippen molar-refractivity contribution >= 4 is 12.1 Å². The first-order valence-corrected chi connectivity index (χ1v) is 4.17. The van der Waals surface area contributed by atoms with Crippen molar-refractivity contribution < 1.29 is 4.79 Å². The van der Waals surface area contributed by atoms with Crippen molar-refractivity contribution in [2.24, 2.45) is 5.10 Å². The van der Waals surface area contributed by atoms with Gasteiger partial charge < -0.3 is 0 Å². The van der Waals surface area contributed by atoms with Crippen molar-refractivity contribution in [1.29, 1.82) is 0 Å². The average molecular weight is 154 g/mol. The Labute approximate surface area is 67.1 Å². The lowest BCUT2D eigenvalue weighted by Gasteiger charge is -2.19. The van der Waals surface area contributed by atoms with Crippen LogP contribution in [-0.2, 0) is 4.79 Å². The van der Waals surface area contributed by atoms with E-state index in [0.717, 1.165) is 25.8 Å². The SMILES string of the molecule is CCCCN1N=CCCC1=O. The van der Waals surface area contributed by atoms with Gasteiger partial charge in [0.25, 0.3) is 0 Å². The summed E-state index contributed by atoms with van der Waals surface area (Å²) in [4.78, 5) is 11.1. The third kappa shape index (κ3) is 2.33. The zero-order valence-corrected chi connectivity index (χ0v) is 6.92. The van der Waals surface area contributed by atoms with Crippen LogP contribution in [0.2, 0.25) is 0 Å². The van der Waals surface area contributed by atoms with Gasteiger partial charge in [0.15, 0.2) is 0 Å². The summed E-state index contributed by atoms with van der Waals surface area (Å²) in [6, 6.07) is 0. The molecule has 0 bridgehead atoms. The number of unbranched alkanes of at least 4 members (excludes halogenated alkanes) is 1. The van der Waals surface area contributed by atoms with Crippen molar-refractivity contribution in [3.05, 3.63) is 0 Å². The molecule has 0 fully saturated rings. The topological polar surface area (TPSA) is 32.7 Å². The van der Waals surface area contributed by atoms with Crippen LogP contribution in [0.3, 0.4) is 0 Å². The van der Waals surface area contributed by atoms with E-state index < -0.39 is 0 Å². The minimum absolute atomic E-state index is 0.168. The fourth-order valence-corrected chi connectivity index (χ4v) is 1.03. The van der Waals surface area contributed by atoms with Crippen LogP contribution in [0.5, 0.6) is 0 Å². The molecule has 1 heterocycles. The molecule has 0 N–H and O–H groups in total. The second-order valence-electron chi connectivity index (χ2n) is 2.71. The van der Waals surface area contributed by atoms with Gasteiger partial charge in [0.1, 0.15) is 0 Å². The Morgan fingerprint density at radius 2 is 2.55 bits per heavy atom. The van der Waals surface area contributed by atoms with Crippen molar-refractivity contribution in [2.45, 2.75) is 32.6 Å². The minimum atomic E-state index is 0.168. The highest BCUT2D eigenvalue weighted by Gasteiger charge is 2.13. The van der Waals surface area contributed by atoms with Crippen LogP contribution in [0.1, 0.15) is 32.6 Å². The number of carbonyl (C=O) groups is 1. The standard InChI is InChI=1S/C8H14N2O/c1-2-3-7-10-8(11)5-4-6-9-10/h6H,2-5,7H2,1H3. The Morgan fingerprint density at radius 3 is 3.18 bits per heavy atom. The zero-order chi connectivity index (χ0) is 8.10. The molecule has 1 rings (SSSR count). The predicted molar refractivity (Wildman–Crippen MR) is 44.3 cm³/mol. The van der Waals surface area contributed by atoms with Crippen molar-refractivity contribution in [2.75, 3.05) is 6.54 Å². The van der Waals surface area contributed by atoms with Gasteiger partial charge >= 0.3 is 0 Å². The summed E-state index contributed by atoms with van der Waals surface area (Å²) in [5.74, 6) is 0.168. The van der Waals surface area contributed by atoms with Crippen molar-refractivity contribution in [1.82, 2.24) is 5.01 Å². The number of nitrogens with zero attached hydrogens (tertiary/aromatic N) is 2. The van der Waals surface area contributed by atoms with Crippen molar-refractivity contribution in [3.8, 4) is 0 Å². The van der Waals surface area contributed by atoms with Crippen LogP contribution in [0.4, 0.5) is 0 Å². The summed E-state index contributed by atoms with van der Waals surface area (Å²) in [7, 11) is 0. The van der Waals surface area contributed by atoms with E-state index in [4.69, 9.17) is 0 Å². The number of hydrazone groups is 1. The molecule has 0 atom stereocenters. The largest absolute Gasteiger partial charge is 0.273 e. The molecule has 0 unspecified atom stereocenters. The Kier molecular flexibility index (Phi) is 3.08. The molecule has 3 nitrogen and oxygen atoms in total. The molecule has 0 spiro atoms. The molecule has 0 radical (unpaired) electrons. The van der Waals surface area contributed by atoms with E-state index in [1.807, 2.05) is 6.21 Å². The summed E-state index contributed by atoms with van der Waals surface area (Å²) < 4.78 is 0. The fourth-order valence-electron chi connectivity index (χ4n) is 1.03. The van der Waals surface area contributed by atoms with Crippen LogP contribution in [0, 0.1) is 0 Å². The van der Waals surface area contributed by atoms with Crippen molar-refractivity contribution in [3.63, 3.8) is 0 Å². The van der Waals surface area contributed by atoms with Crippen LogP contribution in [0.15, 0.2) is 5.10 Å². The Balaban J connectivity index is 2.35.